The van der Waals surface area contributed by atoms with E-state index in [2.05, 4.69) is 248 Å². The highest BCUT2D eigenvalue weighted by Gasteiger charge is 2.21. The minimum absolute atomic E-state index is 0.909. The number of hydrogen-bond acceptors (Lipinski definition) is 1. The van der Waals surface area contributed by atoms with E-state index in [0.29, 0.717) is 0 Å². The Labute approximate surface area is 364 Å². The van der Waals surface area contributed by atoms with Gasteiger partial charge in [-0.15, -0.1) is 0 Å². The smallest absolute Gasteiger partial charge is 0.0468 e. The molecule has 0 unspecified atom stereocenters. The number of fused-ring (bicyclic) bond motifs is 3. The van der Waals surface area contributed by atoms with Crippen LogP contribution < -0.4 is 4.90 Å². The van der Waals surface area contributed by atoms with Gasteiger partial charge in [0.25, 0.3) is 0 Å². The van der Waals surface area contributed by atoms with Crippen molar-refractivity contribution in [1.29, 1.82) is 0 Å². The van der Waals surface area contributed by atoms with E-state index in [-0.39, 0.29) is 0 Å². The van der Waals surface area contributed by atoms with Gasteiger partial charge in [0.05, 0.1) is 0 Å². The summed E-state index contributed by atoms with van der Waals surface area (Å²) in [6, 6.07) is 92.1. The first-order valence-electron chi connectivity index (χ1n) is 21.3. The van der Waals surface area contributed by atoms with E-state index in [1.165, 1.54) is 83.5 Å². The lowest BCUT2D eigenvalue weighted by Crippen LogP contribution is -2.10. The fourth-order valence-electron chi connectivity index (χ4n) is 9.07. The van der Waals surface area contributed by atoms with Crippen LogP contribution in [0.5, 0.6) is 0 Å². The molecule has 11 rings (SSSR count). The van der Waals surface area contributed by atoms with Gasteiger partial charge in [-0.1, -0.05) is 188 Å². The molecule has 10 aromatic carbocycles. The second-order valence-corrected chi connectivity index (χ2v) is 15.9. The molecule has 0 atom stereocenters. The van der Waals surface area contributed by atoms with Crippen LogP contribution in [0.2, 0.25) is 0 Å². The minimum atomic E-state index is 0.909. The number of anilines is 3. The van der Waals surface area contributed by atoms with Gasteiger partial charge in [-0.05, 0) is 144 Å². The monoisotopic (exact) mass is 787 g/mol. The predicted molar refractivity (Wildman–Crippen MR) is 260 cm³/mol. The Kier molecular flexibility index (Phi) is 9.58. The zero-order chi connectivity index (χ0) is 41.2. The molecule has 1 heteroatoms. The van der Waals surface area contributed by atoms with Crippen LogP contribution >= 0.6 is 0 Å². The lowest BCUT2D eigenvalue weighted by Gasteiger charge is -2.27. The Hall–Kier alpha value is -8.18. The van der Waals surface area contributed by atoms with E-state index in [1.807, 2.05) is 6.07 Å². The van der Waals surface area contributed by atoms with Crippen molar-refractivity contribution in [3.63, 3.8) is 0 Å². The molecule has 0 fully saturated rings. The fraction of sp³-hybridized carbons (Fsp3) is 0.0164. The third-order valence-corrected chi connectivity index (χ3v) is 12.2. The van der Waals surface area contributed by atoms with Crippen molar-refractivity contribution in [3.05, 3.63) is 260 Å². The zero-order valence-electron chi connectivity index (χ0n) is 34.2. The summed E-state index contributed by atoms with van der Waals surface area (Å²) in [7, 11) is 0. The van der Waals surface area contributed by atoms with Crippen molar-refractivity contribution in [2.75, 3.05) is 4.90 Å². The quantitative estimate of drug-likeness (QED) is 0.141. The SMILES string of the molecule is c1ccc2c(c#1)Cc1ccc(-c3ccc(-c4ccc(N(c5ccc(-c6ccccc6)cc5)c5ccc(-c6ccccc6)c(-c6ccccc6)c5)cc4)cc3-c3ccccc3)cc1-2. The van der Waals surface area contributed by atoms with Crippen molar-refractivity contribution in [3.8, 4) is 77.9 Å². The molecule has 0 spiro atoms. The summed E-state index contributed by atoms with van der Waals surface area (Å²) in [6.07, 6.45) is 0.909. The molecular weight excluding hydrogens is 747 g/mol. The molecule has 0 N–H and O–H groups in total. The third-order valence-electron chi connectivity index (χ3n) is 12.2. The fourth-order valence-corrected chi connectivity index (χ4v) is 9.07. The lowest BCUT2D eigenvalue weighted by molar-refractivity contribution is 1.27. The maximum Gasteiger partial charge on any atom is 0.0468 e. The van der Waals surface area contributed by atoms with Crippen LogP contribution in [0.4, 0.5) is 17.1 Å². The first-order chi connectivity index (χ1) is 30.7. The number of benzene rings is 9. The average Bonchev–Trinajstić information content (AvgIpc) is 3.73. The minimum Gasteiger partial charge on any atom is -0.310 e. The summed E-state index contributed by atoms with van der Waals surface area (Å²) in [5.74, 6) is 0. The molecule has 1 aliphatic rings. The summed E-state index contributed by atoms with van der Waals surface area (Å²) in [5, 5.41) is 0. The first-order valence-corrected chi connectivity index (χ1v) is 21.3. The van der Waals surface area contributed by atoms with Crippen molar-refractivity contribution in [2.45, 2.75) is 6.42 Å². The summed E-state index contributed by atoms with van der Waals surface area (Å²) in [5.41, 5.74) is 22.8. The molecule has 0 amide bonds. The summed E-state index contributed by atoms with van der Waals surface area (Å²) in [6.45, 7) is 0. The highest BCUT2D eigenvalue weighted by molar-refractivity contribution is 5.92. The molecule has 0 bridgehead atoms. The van der Waals surface area contributed by atoms with Crippen molar-refractivity contribution < 1.29 is 0 Å². The van der Waals surface area contributed by atoms with E-state index < -0.39 is 0 Å². The van der Waals surface area contributed by atoms with Crippen LogP contribution in [0.3, 0.4) is 0 Å². The van der Waals surface area contributed by atoms with Gasteiger partial charge in [0.1, 0.15) is 0 Å². The topological polar surface area (TPSA) is 3.24 Å². The molecular formula is C61H41N. The first kappa shape index (κ1) is 36.9. The number of rotatable bonds is 9. The molecule has 0 saturated carbocycles. The molecule has 0 saturated heterocycles. The van der Waals surface area contributed by atoms with Crippen LogP contribution in [0, 0.1) is 12.1 Å². The van der Waals surface area contributed by atoms with Gasteiger partial charge >= 0.3 is 0 Å². The van der Waals surface area contributed by atoms with Crippen molar-refractivity contribution >= 4 is 17.1 Å². The van der Waals surface area contributed by atoms with Crippen molar-refractivity contribution in [2.24, 2.45) is 0 Å². The predicted octanol–water partition coefficient (Wildman–Crippen LogP) is 16.3. The molecule has 0 aromatic heterocycles. The van der Waals surface area contributed by atoms with Gasteiger partial charge < -0.3 is 4.90 Å². The molecule has 290 valence electrons. The van der Waals surface area contributed by atoms with E-state index in [0.717, 1.165) is 29.0 Å². The van der Waals surface area contributed by atoms with E-state index >= 15 is 0 Å². The molecule has 10 aromatic rings. The average molecular weight is 788 g/mol. The van der Waals surface area contributed by atoms with Gasteiger partial charge in [-0.2, -0.15) is 0 Å². The number of nitrogens with zero attached hydrogens (tertiary/aromatic N) is 1. The molecule has 0 aliphatic heterocycles. The van der Waals surface area contributed by atoms with Gasteiger partial charge in [0, 0.05) is 29.0 Å². The molecule has 0 radical (unpaired) electrons. The van der Waals surface area contributed by atoms with Gasteiger partial charge in [0.15, 0.2) is 0 Å². The second-order valence-electron chi connectivity index (χ2n) is 15.9. The third kappa shape index (κ3) is 7.05. The molecule has 0 heterocycles. The summed E-state index contributed by atoms with van der Waals surface area (Å²) in [4.78, 5) is 2.38. The highest BCUT2D eigenvalue weighted by atomic mass is 15.1. The normalized spacial score (nSPS) is 11.4. The van der Waals surface area contributed by atoms with Crippen LogP contribution in [0.15, 0.2) is 237 Å². The lowest BCUT2D eigenvalue weighted by atomic mass is 9.89. The van der Waals surface area contributed by atoms with Crippen LogP contribution in [0.25, 0.3) is 77.9 Å². The molecule has 62 heavy (non-hydrogen) atoms. The van der Waals surface area contributed by atoms with Gasteiger partial charge in [-0.25, -0.2) is 0 Å². The number of hydrogen-bond donors (Lipinski definition) is 0. The molecule has 1 nitrogen and oxygen atoms in total. The maximum atomic E-state index is 3.34. The Bertz CT molecular complexity index is 3150. The van der Waals surface area contributed by atoms with Gasteiger partial charge in [0.2, 0.25) is 0 Å². The maximum absolute atomic E-state index is 3.34. The summed E-state index contributed by atoms with van der Waals surface area (Å²) >= 11 is 0. The van der Waals surface area contributed by atoms with E-state index in [9.17, 15) is 0 Å². The summed E-state index contributed by atoms with van der Waals surface area (Å²) < 4.78 is 0. The Morgan fingerprint density at radius 3 is 1.34 bits per heavy atom. The molecule has 1 aliphatic carbocycles. The Balaban J connectivity index is 1.00. The van der Waals surface area contributed by atoms with Crippen LogP contribution in [-0.2, 0) is 6.42 Å². The van der Waals surface area contributed by atoms with E-state index in [1.54, 1.807) is 0 Å². The largest absolute Gasteiger partial charge is 0.310 e. The van der Waals surface area contributed by atoms with E-state index in [4.69, 9.17) is 0 Å². The van der Waals surface area contributed by atoms with Gasteiger partial charge in [-0.3, -0.25) is 0 Å². The van der Waals surface area contributed by atoms with Crippen molar-refractivity contribution in [1.82, 2.24) is 0 Å². The van der Waals surface area contributed by atoms with Crippen LogP contribution in [-0.4, -0.2) is 0 Å². The highest BCUT2D eigenvalue weighted by Crippen LogP contribution is 2.44. The standard InChI is InChI=1S/C61H41N/c1-5-15-43(16-6-1)44-27-32-53(33-28-44)62(55-36-38-57(46-17-7-2-8-18-46)61(42-55)48-21-11-4-12-22-48)54-34-29-45(30-35-54)49-31-37-58(59(40-49)47-19-9-3-10-20-47)52-26-25-51-39-50-23-13-14-24-56(50)60(51)41-52/h1-12,14-22,24-38,40-42H,39H2. The van der Waals surface area contributed by atoms with Crippen LogP contribution in [0.1, 0.15) is 11.1 Å². The second kappa shape index (κ2) is 16.1. The Morgan fingerprint density at radius 1 is 0.290 bits per heavy atom. The Morgan fingerprint density at radius 2 is 0.726 bits per heavy atom. The zero-order valence-corrected chi connectivity index (χ0v) is 34.2.